The Balaban J connectivity index is 0.694. The Bertz CT molecular complexity index is 2410. The maximum Gasteiger partial charge on any atom is 0.187 e. The van der Waals surface area contributed by atoms with Gasteiger partial charge in [-0.15, -0.1) is 0 Å². The summed E-state index contributed by atoms with van der Waals surface area (Å²) in [5, 5.41) is 0. The minimum absolute atomic E-state index is 0.0860. The molecule has 12 heterocycles. The smallest absolute Gasteiger partial charge is 0.187 e. The maximum atomic E-state index is 6.92. The van der Waals surface area contributed by atoms with Crippen molar-refractivity contribution in [2.24, 2.45) is 5.92 Å². The minimum Gasteiger partial charge on any atom is -0.376 e. The second kappa shape index (κ2) is 38.5. The van der Waals surface area contributed by atoms with Gasteiger partial charge >= 0.3 is 0 Å². The molecule has 0 radical (unpaired) electrons. The third kappa shape index (κ3) is 24.7. The quantitative estimate of drug-likeness (QED) is 0.0516. The van der Waals surface area contributed by atoms with E-state index in [-0.39, 0.29) is 85.2 Å². The predicted molar refractivity (Wildman–Crippen MR) is 389 cm³/mol. The molecule has 20 atom stereocenters. The van der Waals surface area contributed by atoms with Crippen LogP contribution in [-0.2, 0) is 142 Å². The van der Waals surface area contributed by atoms with Crippen LogP contribution < -0.4 is 0 Å². The molecule has 632 valence electrons. The molecule has 12 saturated heterocycles. The summed E-state index contributed by atoms with van der Waals surface area (Å²) in [5.74, 6) is -5.07. The first-order valence-electron chi connectivity index (χ1n) is 40.7. The van der Waals surface area contributed by atoms with Crippen molar-refractivity contribution >= 4 is 11.8 Å². The van der Waals surface area contributed by atoms with E-state index < -0.39 is 181 Å². The van der Waals surface area contributed by atoms with Crippen LogP contribution in [0.4, 0.5) is 0 Å². The normalized spacial score (nSPS) is 37.9. The van der Waals surface area contributed by atoms with Gasteiger partial charge in [-0.25, -0.2) is 0 Å². The minimum atomic E-state index is -0.878. The Morgan fingerprint density at radius 3 is 0.807 bits per heavy atom. The number of hydrogen-bond acceptors (Lipinski definition) is 31. The van der Waals surface area contributed by atoms with Crippen molar-refractivity contribution in [2.45, 2.75) is 363 Å². The molecule has 0 aromatic carbocycles. The van der Waals surface area contributed by atoms with E-state index in [0.717, 1.165) is 17.9 Å². The van der Waals surface area contributed by atoms with Crippen LogP contribution in [0.15, 0.2) is 0 Å². The van der Waals surface area contributed by atoms with Crippen LogP contribution in [0.5, 0.6) is 0 Å². The molecule has 12 rings (SSSR count). The van der Waals surface area contributed by atoms with E-state index in [9.17, 15) is 0 Å². The lowest BCUT2D eigenvalue weighted by Gasteiger charge is -2.48. The zero-order valence-electron chi connectivity index (χ0n) is 68.1. The molecular weight excluding hydrogens is 1450 g/mol. The van der Waals surface area contributed by atoms with Crippen LogP contribution in [0.3, 0.4) is 0 Å². The molecule has 109 heavy (non-hydrogen) atoms. The van der Waals surface area contributed by atoms with E-state index in [4.69, 9.17) is 142 Å². The van der Waals surface area contributed by atoms with Crippen LogP contribution in [0, 0.1) is 5.92 Å². The van der Waals surface area contributed by atoms with Gasteiger partial charge in [0, 0.05) is 11.7 Å². The van der Waals surface area contributed by atoms with Crippen molar-refractivity contribution in [1.29, 1.82) is 0 Å². The van der Waals surface area contributed by atoms with Gasteiger partial charge in [-0.3, -0.25) is 0 Å². The molecule has 0 saturated carbocycles. The number of fused-ring (bicyclic) bond motifs is 12. The summed E-state index contributed by atoms with van der Waals surface area (Å²) in [7, 11) is 0. The first-order chi connectivity index (χ1) is 51.8. The van der Waals surface area contributed by atoms with Gasteiger partial charge in [0.1, 0.15) is 110 Å². The molecule has 12 fully saturated rings. The van der Waals surface area contributed by atoms with Gasteiger partial charge in [0.2, 0.25) is 0 Å². The molecule has 0 amide bonds. The third-order valence-corrected chi connectivity index (χ3v) is 22.5. The summed E-state index contributed by atoms with van der Waals surface area (Å²) in [4.78, 5) is 0. The highest BCUT2D eigenvalue weighted by molar-refractivity contribution is 7.99. The van der Waals surface area contributed by atoms with E-state index in [0.29, 0.717) is 39.6 Å². The van der Waals surface area contributed by atoms with E-state index in [1.165, 1.54) is 57.8 Å². The molecule has 0 aromatic rings. The Kier molecular flexibility index (Phi) is 30.9. The lowest BCUT2D eigenvalue weighted by Crippen LogP contribution is -2.64. The summed E-state index contributed by atoms with van der Waals surface area (Å²) < 4.78 is 192. The second-order valence-corrected chi connectivity index (χ2v) is 35.6. The topological polar surface area (TPSA) is 277 Å². The van der Waals surface area contributed by atoms with E-state index in [1.807, 2.05) is 123 Å². The zero-order valence-corrected chi connectivity index (χ0v) is 69.0. The molecule has 0 N–H and O–H groups in total. The van der Waals surface area contributed by atoms with Crippen molar-refractivity contribution in [3.8, 4) is 0 Å². The average molecular weight is 1580 g/mol. The Labute approximate surface area is 650 Å². The Morgan fingerprint density at radius 1 is 0.284 bits per heavy atom. The highest BCUT2D eigenvalue weighted by atomic mass is 32.2. The molecule has 31 heteroatoms. The SMILES string of the molecule is CCCCCCCCCCCCSCC(COC(COCCO[C@H]1O[C@@H]2COC(C)(C)O[C@H]2[C@@H]2OC(C)(C)O[C@H]12)COCCO[C@H]1O[C@@H]2COC(C)(C)O[C@H]2[C@@H]2OC(C)(C)O[C@H]12)COC(COCCO[C@H]1O[C@@H]2COC(C)(C)O[C@H]2[C@@H]2OC(C)(C)O[C@H]12)COCCO[C@H]1O[C@@H]2COC(C)(C)O[C@H]2[C@@H]2OC(C)(C)O[C@H]12. The monoisotopic (exact) mass is 1580 g/mol. The van der Waals surface area contributed by atoms with Crippen molar-refractivity contribution in [3.63, 3.8) is 0 Å². The van der Waals surface area contributed by atoms with Crippen LogP contribution >= 0.6 is 11.8 Å². The van der Waals surface area contributed by atoms with Gasteiger partial charge in [-0.2, -0.15) is 11.8 Å². The van der Waals surface area contributed by atoms with Crippen molar-refractivity contribution < 1.29 is 142 Å². The van der Waals surface area contributed by atoms with E-state index in [2.05, 4.69) is 6.92 Å². The van der Waals surface area contributed by atoms with Crippen molar-refractivity contribution in [1.82, 2.24) is 0 Å². The lowest BCUT2D eigenvalue weighted by molar-refractivity contribution is -0.371. The second-order valence-electron chi connectivity index (χ2n) is 34.4. The summed E-state index contributed by atoms with van der Waals surface area (Å²) in [6.45, 7) is 36.6. The fourth-order valence-electron chi connectivity index (χ4n) is 16.2. The average Bonchev–Trinajstić information content (AvgIpc) is 1.68. The predicted octanol–water partition coefficient (Wildman–Crippen LogP) is 8.75. The van der Waals surface area contributed by atoms with Crippen molar-refractivity contribution in [3.05, 3.63) is 0 Å². The number of ether oxygens (including phenoxy) is 30. The summed E-state index contributed by atoms with van der Waals surface area (Å²) in [6, 6.07) is 0. The molecule has 0 aromatic heterocycles. The molecular formula is C78H134O30S. The van der Waals surface area contributed by atoms with Gasteiger partial charge in [0.15, 0.2) is 71.5 Å². The lowest BCUT2D eigenvalue weighted by atomic mass is 9.97. The van der Waals surface area contributed by atoms with Gasteiger partial charge in [0.25, 0.3) is 0 Å². The van der Waals surface area contributed by atoms with Crippen molar-refractivity contribution in [2.75, 3.05) is 130 Å². The number of hydrogen-bond donors (Lipinski definition) is 0. The molecule has 0 bridgehead atoms. The molecule has 30 nitrogen and oxygen atoms in total. The largest absolute Gasteiger partial charge is 0.376 e. The van der Waals surface area contributed by atoms with Crippen LogP contribution in [0.25, 0.3) is 0 Å². The van der Waals surface area contributed by atoms with E-state index >= 15 is 0 Å². The number of unbranched alkanes of at least 4 members (excludes halogenated alkanes) is 9. The standard InChI is InChI=1S/C78H134O30S/c1-18-19-20-21-22-23-24-25-26-27-36-109-47-48(37-87-49(39-79-28-32-83-67-63-59(101-75(10,11)105-63)55-51(93-67)43-89-71(2,3)97-55)40-80-29-33-84-68-64-60(102-76(12,13)106-64)56-52(94-68)44-90-72(4,5)98-56)38-88-50(41-81-30-34-85-69-65-61(103-77(14,15)107-65)57-53(95-69)45-91-73(6,7)99-57)42-82-31-35-86-70-66-62(104-78(16,17)108-66)58-54(96-70)46-92-74(8,9)100-58/h48-70H,18-47H2,1-17H3/t51-,52-,53-,54-,55-,56-,57-,58-,59+,60+,61+,62+,63+,64+,65+,66+,67+,68+,69+,70+/m1/s1. The van der Waals surface area contributed by atoms with E-state index in [1.54, 1.807) is 0 Å². The molecule has 12 aliphatic heterocycles. The summed E-state index contributed by atoms with van der Waals surface area (Å²) >= 11 is 1.91. The first-order valence-corrected chi connectivity index (χ1v) is 41.9. The number of thioether (sulfide) groups is 1. The van der Waals surface area contributed by atoms with Gasteiger partial charge in [-0.05, 0) is 123 Å². The summed E-state index contributed by atoms with van der Waals surface area (Å²) in [5.41, 5.74) is 0. The van der Waals surface area contributed by atoms with Crippen LogP contribution in [0.1, 0.15) is 182 Å². The Hall–Kier alpha value is -0.850. The molecule has 12 aliphatic rings. The number of rotatable bonds is 43. The third-order valence-electron chi connectivity index (χ3n) is 21.2. The van der Waals surface area contributed by atoms with Gasteiger partial charge in [0.05, 0.1) is 119 Å². The molecule has 0 aliphatic carbocycles. The van der Waals surface area contributed by atoms with Crippen LogP contribution in [0.2, 0.25) is 0 Å². The van der Waals surface area contributed by atoms with Crippen LogP contribution in [-0.4, -0.2) is 312 Å². The fourth-order valence-corrected chi connectivity index (χ4v) is 17.3. The highest BCUT2D eigenvalue weighted by Crippen LogP contribution is 2.47. The fraction of sp³-hybridized carbons (Fsp3) is 1.00. The Morgan fingerprint density at radius 2 is 0.532 bits per heavy atom. The van der Waals surface area contributed by atoms with Gasteiger partial charge < -0.3 is 142 Å². The zero-order chi connectivity index (χ0) is 77.4. The first kappa shape index (κ1) is 87.5. The molecule has 0 unspecified atom stereocenters. The van der Waals surface area contributed by atoms with Gasteiger partial charge in [-0.1, -0.05) is 64.7 Å². The summed E-state index contributed by atoms with van der Waals surface area (Å²) in [6.07, 6.45) is 1.31. The highest BCUT2D eigenvalue weighted by Gasteiger charge is 2.63. The molecule has 0 spiro atoms. The maximum absolute atomic E-state index is 6.92.